The van der Waals surface area contributed by atoms with Crippen LogP contribution in [0, 0.1) is 0 Å². The SMILES string of the molecule is CCC(=O)Nc1cccc(NC(=O)c2ccc(C(C)(C)C)cc2)c1. The number of hydrogen-bond donors (Lipinski definition) is 2. The standard InChI is InChI=1S/C20H24N2O2/c1-5-18(23)21-16-7-6-8-17(13-16)22-19(24)14-9-11-15(12-10-14)20(2,3)4/h6-13H,5H2,1-4H3,(H,21,23)(H,22,24). The summed E-state index contributed by atoms with van der Waals surface area (Å²) in [5, 5.41) is 5.64. The van der Waals surface area contributed by atoms with Crippen LogP contribution in [0.25, 0.3) is 0 Å². The van der Waals surface area contributed by atoms with Crippen LogP contribution in [-0.4, -0.2) is 11.8 Å². The van der Waals surface area contributed by atoms with Crippen molar-refractivity contribution in [3.8, 4) is 0 Å². The third-order valence-corrected chi connectivity index (χ3v) is 3.74. The van der Waals surface area contributed by atoms with Crippen molar-refractivity contribution in [1.29, 1.82) is 0 Å². The molecule has 2 aromatic carbocycles. The summed E-state index contributed by atoms with van der Waals surface area (Å²) in [6.45, 7) is 8.21. The summed E-state index contributed by atoms with van der Waals surface area (Å²) in [6, 6.07) is 14.7. The van der Waals surface area contributed by atoms with Gasteiger partial charge in [-0.3, -0.25) is 9.59 Å². The van der Waals surface area contributed by atoms with E-state index in [9.17, 15) is 9.59 Å². The Kier molecular flexibility index (Phi) is 5.39. The highest BCUT2D eigenvalue weighted by Crippen LogP contribution is 2.22. The maximum absolute atomic E-state index is 12.4. The minimum Gasteiger partial charge on any atom is -0.326 e. The van der Waals surface area contributed by atoms with Crippen molar-refractivity contribution >= 4 is 23.2 Å². The van der Waals surface area contributed by atoms with Gasteiger partial charge in [-0.25, -0.2) is 0 Å². The summed E-state index contributed by atoms with van der Waals surface area (Å²) in [6.07, 6.45) is 0.413. The van der Waals surface area contributed by atoms with E-state index in [0.717, 1.165) is 0 Å². The summed E-state index contributed by atoms with van der Waals surface area (Å²) in [5.74, 6) is -0.231. The normalized spacial score (nSPS) is 11.0. The molecule has 4 heteroatoms. The highest BCUT2D eigenvalue weighted by atomic mass is 16.2. The highest BCUT2D eigenvalue weighted by Gasteiger charge is 2.14. The Balaban J connectivity index is 2.09. The molecule has 0 aromatic heterocycles. The molecule has 2 rings (SSSR count). The molecular weight excluding hydrogens is 300 g/mol. The van der Waals surface area contributed by atoms with E-state index in [1.165, 1.54) is 5.56 Å². The van der Waals surface area contributed by atoms with Gasteiger partial charge >= 0.3 is 0 Å². The Morgan fingerprint density at radius 2 is 1.50 bits per heavy atom. The van der Waals surface area contributed by atoms with Crippen molar-refractivity contribution in [2.24, 2.45) is 0 Å². The predicted molar refractivity (Wildman–Crippen MR) is 98.5 cm³/mol. The Morgan fingerprint density at radius 3 is 2.04 bits per heavy atom. The molecule has 0 radical (unpaired) electrons. The monoisotopic (exact) mass is 324 g/mol. The number of amides is 2. The second kappa shape index (κ2) is 7.30. The number of anilines is 2. The zero-order valence-corrected chi connectivity index (χ0v) is 14.6. The third kappa shape index (κ3) is 4.69. The number of nitrogens with one attached hydrogen (secondary N) is 2. The molecule has 4 nitrogen and oxygen atoms in total. The van der Waals surface area contributed by atoms with Gasteiger partial charge in [0, 0.05) is 23.4 Å². The molecule has 0 aliphatic rings. The van der Waals surface area contributed by atoms with E-state index >= 15 is 0 Å². The smallest absolute Gasteiger partial charge is 0.255 e. The van der Waals surface area contributed by atoms with Crippen LogP contribution < -0.4 is 10.6 Å². The third-order valence-electron chi connectivity index (χ3n) is 3.74. The fraction of sp³-hybridized carbons (Fsp3) is 0.300. The summed E-state index contributed by atoms with van der Waals surface area (Å²) in [7, 11) is 0. The molecule has 126 valence electrons. The maximum atomic E-state index is 12.4. The van der Waals surface area contributed by atoms with E-state index in [1.807, 2.05) is 24.3 Å². The molecule has 0 heterocycles. The largest absolute Gasteiger partial charge is 0.326 e. The van der Waals surface area contributed by atoms with Crippen LogP contribution in [0.2, 0.25) is 0 Å². The van der Waals surface area contributed by atoms with Gasteiger partial charge in [-0.15, -0.1) is 0 Å². The van der Waals surface area contributed by atoms with Crippen molar-refractivity contribution in [3.63, 3.8) is 0 Å². The Morgan fingerprint density at radius 1 is 0.917 bits per heavy atom. The van der Waals surface area contributed by atoms with Gasteiger partial charge < -0.3 is 10.6 Å². The van der Waals surface area contributed by atoms with Crippen LogP contribution in [0.3, 0.4) is 0 Å². The average molecular weight is 324 g/mol. The molecule has 0 saturated carbocycles. The Hall–Kier alpha value is -2.62. The van der Waals surface area contributed by atoms with E-state index in [2.05, 4.69) is 31.4 Å². The molecule has 0 unspecified atom stereocenters. The zero-order chi connectivity index (χ0) is 17.7. The molecule has 0 saturated heterocycles. The predicted octanol–water partition coefficient (Wildman–Crippen LogP) is 4.58. The van der Waals surface area contributed by atoms with E-state index in [4.69, 9.17) is 0 Å². The number of rotatable bonds is 4. The summed E-state index contributed by atoms with van der Waals surface area (Å²) in [5.41, 5.74) is 3.16. The molecule has 2 aromatic rings. The number of hydrogen-bond acceptors (Lipinski definition) is 2. The lowest BCUT2D eigenvalue weighted by Gasteiger charge is -2.19. The second-order valence-corrected chi connectivity index (χ2v) is 6.76. The lowest BCUT2D eigenvalue weighted by Crippen LogP contribution is -2.14. The van der Waals surface area contributed by atoms with Crippen molar-refractivity contribution in [3.05, 3.63) is 59.7 Å². The van der Waals surface area contributed by atoms with Gasteiger partial charge in [0.05, 0.1) is 0 Å². The fourth-order valence-electron chi connectivity index (χ4n) is 2.25. The number of carbonyl (C=O) groups is 2. The molecule has 0 bridgehead atoms. The van der Waals surface area contributed by atoms with Crippen molar-refractivity contribution < 1.29 is 9.59 Å². The quantitative estimate of drug-likeness (QED) is 0.864. The second-order valence-electron chi connectivity index (χ2n) is 6.76. The molecular formula is C20H24N2O2. The van der Waals surface area contributed by atoms with Crippen LogP contribution in [0.5, 0.6) is 0 Å². The summed E-state index contributed by atoms with van der Waals surface area (Å²) >= 11 is 0. The molecule has 24 heavy (non-hydrogen) atoms. The number of carbonyl (C=O) groups excluding carboxylic acids is 2. The maximum Gasteiger partial charge on any atom is 0.255 e. The topological polar surface area (TPSA) is 58.2 Å². The summed E-state index contributed by atoms with van der Waals surface area (Å²) < 4.78 is 0. The van der Waals surface area contributed by atoms with Crippen LogP contribution in [-0.2, 0) is 10.2 Å². The lowest BCUT2D eigenvalue weighted by atomic mass is 9.87. The first-order valence-electron chi connectivity index (χ1n) is 8.11. The molecule has 0 fully saturated rings. The van der Waals surface area contributed by atoms with Crippen LogP contribution in [0.15, 0.2) is 48.5 Å². The van der Waals surface area contributed by atoms with E-state index < -0.39 is 0 Å². The van der Waals surface area contributed by atoms with Crippen molar-refractivity contribution in [2.45, 2.75) is 39.5 Å². The van der Waals surface area contributed by atoms with E-state index in [-0.39, 0.29) is 17.2 Å². The van der Waals surface area contributed by atoms with Crippen LogP contribution in [0.1, 0.15) is 50.0 Å². The van der Waals surface area contributed by atoms with Gasteiger partial charge in [0.15, 0.2) is 0 Å². The summed E-state index contributed by atoms with van der Waals surface area (Å²) in [4.78, 5) is 23.8. The molecule has 2 amide bonds. The zero-order valence-electron chi connectivity index (χ0n) is 14.6. The minimum atomic E-state index is -0.172. The molecule has 2 N–H and O–H groups in total. The average Bonchev–Trinajstić information content (AvgIpc) is 2.54. The van der Waals surface area contributed by atoms with Gasteiger partial charge in [-0.2, -0.15) is 0 Å². The fourth-order valence-corrected chi connectivity index (χ4v) is 2.25. The molecule has 0 atom stereocenters. The lowest BCUT2D eigenvalue weighted by molar-refractivity contribution is -0.115. The van der Waals surface area contributed by atoms with Gasteiger partial charge in [0.2, 0.25) is 5.91 Å². The van der Waals surface area contributed by atoms with Crippen molar-refractivity contribution in [2.75, 3.05) is 10.6 Å². The molecule has 0 aliphatic heterocycles. The first kappa shape index (κ1) is 17.7. The van der Waals surface area contributed by atoms with Gasteiger partial charge in [-0.05, 0) is 41.3 Å². The Bertz CT molecular complexity index is 728. The van der Waals surface area contributed by atoms with E-state index in [1.54, 1.807) is 31.2 Å². The first-order valence-corrected chi connectivity index (χ1v) is 8.11. The van der Waals surface area contributed by atoms with E-state index in [0.29, 0.717) is 23.4 Å². The van der Waals surface area contributed by atoms with Gasteiger partial charge in [0.25, 0.3) is 5.91 Å². The van der Waals surface area contributed by atoms with Crippen LogP contribution in [0.4, 0.5) is 11.4 Å². The first-order chi connectivity index (χ1) is 11.3. The highest BCUT2D eigenvalue weighted by molar-refractivity contribution is 6.04. The van der Waals surface area contributed by atoms with Crippen molar-refractivity contribution in [1.82, 2.24) is 0 Å². The van der Waals surface area contributed by atoms with Gasteiger partial charge in [-0.1, -0.05) is 45.9 Å². The minimum absolute atomic E-state index is 0.0564. The molecule has 0 spiro atoms. The number of benzene rings is 2. The van der Waals surface area contributed by atoms with Crippen LogP contribution >= 0.6 is 0 Å². The van der Waals surface area contributed by atoms with Gasteiger partial charge in [0.1, 0.15) is 0 Å². The Labute approximate surface area is 143 Å². The molecule has 0 aliphatic carbocycles.